The SMILES string of the molecule is COc1ccc2c(c1)c(CN1CCC(C(=O)NCc3ccc(OC(C)C)cc3)CC1)cn2C. The summed E-state index contributed by atoms with van der Waals surface area (Å²) in [5, 5.41) is 4.36. The minimum Gasteiger partial charge on any atom is -0.497 e. The predicted octanol–water partition coefficient (Wildman–Crippen LogP) is 4.50. The molecule has 33 heavy (non-hydrogen) atoms. The normalized spacial score (nSPS) is 15.2. The van der Waals surface area contributed by atoms with Gasteiger partial charge in [-0.1, -0.05) is 12.1 Å². The molecule has 1 N–H and O–H groups in total. The molecule has 1 aliphatic rings. The number of amides is 1. The summed E-state index contributed by atoms with van der Waals surface area (Å²) in [5.74, 6) is 1.98. The van der Waals surface area contributed by atoms with Gasteiger partial charge in [0, 0.05) is 43.2 Å². The van der Waals surface area contributed by atoms with Crippen molar-refractivity contribution in [3.8, 4) is 11.5 Å². The van der Waals surface area contributed by atoms with E-state index in [9.17, 15) is 4.79 Å². The summed E-state index contributed by atoms with van der Waals surface area (Å²) >= 11 is 0. The van der Waals surface area contributed by atoms with Crippen LogP contribution in [0.25, 0.3) is 10.9 Å². The number of hydrogen-bond acceptors (Lipinski definition) is 4. The van der Waals surface area contributed by atoms with Gasteiger partial charge in [0.25, 0.3) is 0 Å². The van der Waals surface area contributed by atoms with Crippen LogP contribution in [0.15, 0.2) is 48.7 Å². The van der Waals surface area contributed by atoms with Gasteiger partial charge in [0.1, 0.15) is 11.5 Å². The Morgan fingerprint density at radius 1 is 1.09 bits per heavy atom. The van der Waals surface area contributed by atoms with Crippen molar-refractivity contribution < 1.29 is 14.3 Å². The molecule has 6 heteroatoms. The first kappa shape index (κ1) is 23.2. The average Bonchev–Trinajstić information content (AvgIpc) is 3.13. The third-order valence-electron chi connectivity index (χ3n) is 6.39. The fraction of sp³-hybridized carbons (Fsp3) is 0.444. The second-order valence-corrected chi connectivity index (χ2v) is 9.23. The largest absolute Gasteiger partial charge is 0.497 e. The van der Waals surface area contributed by atoms with E-state index in [-0.39, 0.29) is 17.9 Å². The van der Waals surface area contributed by atoms with Crippen LogP contribution in [0, 0.1) is 5.92 Å². The third-order valence-corrected chi connectivity index (χ3v) is 6.39. The summed E-state index contributed by atoms with van der Waals surface area (Å²) in [6.45, 7) is 7.33. The molecule has 1 amide bonds. The lowest BCUT2D eigenvalue weighted by molar-refractivity contribution is -0.126. The minimum absolute atomic E-state index is 0.0809. The zero-order chi connectivity index (χ0) is 23.4. The molecule has 2 heterocycles. The number of hydrogen-bond donors (Lipinski definition) is 1. The fourth-order valence-corrected chi connectivity index (χ4v) is 4.59. The van der Waals surface area contributed by atoms with E-state index in [1.807, 2.05) is 44.2 Å². The second kappa shape index (κ2) is 10.3. The van der Waals surface area contributed by atoms with Crippen molar-refractivity contribution in [3.63, 3.8) is 0 Å². The van der Waals surface area contributed by atoms with Crippen LogP contribution in [0.5, 0.6) is 11.5 Å². The van der Waals surface area contributed by atoms with Crippen LogP contribution >= 0.6 is 0 Å². The predicted molar refractivity (Wildman–Crippen MR) is 132 cm³/mol. The Labute approximate surface area is 196 Å². The number of carbonyl (C=O) groups excluding carboxylic acids is 1. The Hall–Kier alpha value is -2.99. The molecule has 0 spiro atoms. The standard InChI is InChI=1S/C27H35N3O3/c1-19(2)33-23-7-5-20(6-8-23)16-28-27(31)21-11-13-30(14-12-21)18-22-17-29(3)26-10-9-24(32-4)15-25(22)26/h5-10,15,17,19,21H,11-14,16,18H2,1-4H3,(H,28,31). The van der Waals surface area contributed by atoms with Gasteiger partial charge in [0.2, 0.25) is 5.91 Å². The van der Waals surface area contributed by atoms with Gasteiger partial charge < -0.3 is 19.4 Å². The molecule has 1 fully saturated rings. The fourth-order valence-electron chi connectivity index (χ4n) is 4.59. The van der Waals surface area contributed by atoms with Crippen LogP contribution in [0.3, 0.4) is 0 Å². The molecule has 0 saturated carbocycles. The number of methoxy groups -OCH3 is 1. The molecule has 0 atom stereocenters. The Bertz CT molecular complexity index is 1080. The molecule has 176 valence electrons. The number of ether oxygens (including phenoxy) is 2. The van der Waals surface area contributed by atoms with Gasteiger partial charge in [0.15, 0.2) is 0 Å². The summed E-state index contributed by atoms with van der Waals surface area (Å²) in [6, 6.07) is 14.2. The van der Waals surface area contributed by atoms with Crippen molar-refractivity contribution in [2.75, 3.05) is 20.2 Å². The number of piperidine rings is 1. The minimum atomic E-state index is 0.0809. The molecule has 0 aliphatic carbocycles. The molecule has 1 saturated heterocycles. The van der Waals surface area contributed by atoms with Crippen molar-refractivity contribution >= 4 is 16.8 Å². The lowest BCUT2D eigenvalue weighted by Crippen LogP contribution is -2.40. The highest BCUT2D eigenvalue weighted by Crippen LogP contribution is 2.28. The number of nitrogens with zero attached hydrogens (tertiary/aromatic N) is 2. The number of aryl methyl sites for hydroxylation is 1. The van der Waals surface area contributed by atoms with E-state index in [2.05, 4.69) is 40.2 Å². The first-order chi connectivity index (χ1) is 15.9. The maximum Gasteiger partial charge on any atom is 0.223 e. The zero-order valence-electron chi connectivity index (χ0n) is 20.1. The number of likely N-dealkylation sites (tertiary alicyclic amines) is 1. The first-order valence-electron chi connectivity index (χ1n) is 11.8. The topological polar surface area (TPSA) is 55.7 Å². The highest BCUT2D eigenvalue weighted by atomic mass is 16.5. The number of aromatic nitrogens is 1. The van der Waals surface area contributed by atoms with Gasteiger partial charge in [0.05, 0.1) is 13.2 Å². The number of benzene rings is 2. The van der Waals surface area contributed by atoms with Crippen LogP contribution in [0.4, 0.5) is 0 Å². The van der Waals surface area contributed by atoms with Crippen LogP contribution < -0.4 is 14.8 Å². The molecule has 1 aliphatic heterocycles. The molecule has 1 aromatic heterocycles. The zero-order valence-corrected chi connectivity index (χ0v) is 20.1. The van der Waals surface area contributed by atoms with Gasteiger partial charge in [-0.2, -0.15) is 0 Å². The van der Waals surface area contributed by atoms with E-state index >= 15 is 0 Å². The maximum absolute atomic E-state index is 12.7. The Kier molecular flexibility index (Phi) is 7.23. The van der Waals surface area contributed by atoms with Gasteiger partial charge in [-0.15, -0.1) is 0 Å². The Balaban J connectivity index is 1.27. The van der Waals surface area contributed by atoms with Crippen LogP contribution in [-0.4, -0.2) is 41.7 Å². The third kappa shape index (κ3) is 5.69. The van der Waals surface area contributed by atoms with E-state index in [1.54, 1.807) is 7.11 Å². The van der Waals surface area contributed by atoms with Crippen LogP contribution in [0.1, 0.15) is 37.8 Å². The van der Waals surface area contributed by atoms with Crippen molar-refractivity contribution in [1.82, 2.24) is 14.8 Å². The highest BCUT2D eigenvalue weighted by molar-refractivity contribution is 5.85. The van der Waals surface area contributed by atoms with Gasteiger partial charge in [-0.05, 0) is 81.2 Å². The maximum atomic E-state index is 12.7. The highest BCUT2D eigenvalue weighted by Gasteiger charge is 2.25. The van der Waals surface area contributed by atoms with Gasteiger partial charge >= 0.3 is 0 Å². The van der Waals surface area contributed by atoms with E-state index in [0.717, 1.165) is 49.5 Å². The van der Waals surface area contributed by atoms with E-state index in [0.29, 0.717) is 6.54 Å². The molecule has 0 unspecified atom stereocenters. The quantitative estimate of drug-likeness (QED) is 0.550. The molecule has 4 rings (SSSR count). The Morgan fingerprint density at radius 2 is 1.79 bits per heavy atom. The smallest absolute Gasteiger partial charge is 0.223 e. The molecule has 0 radical (unpaired) electrons. The van der Waals surface area contributed by atoms with Crippen LogP contribution in [0.2, 0.25) is 0 Å². The molecular weight excluding hydrogens is 414 g/mol. The number of fused-ring (bicyclic) bond motifs is 1. The van der Waals surface area contributed by atoms with Crippen molar-refractivity contribution in [1.29, 1.82) is 0 Å². The molecule has 3 aromatic rings. The van der Waals surface area contributed by atoms with E-state index < -0.39 is 0 Å². The van der Waals surface area contributed by atoms with Crippen molar-refractivity contribution in [2.45, 2.75) is 45.9 Å². The molecular formula is C27H35N3O3. The van der Waals surface area contributed by atoms with E-state index in [4.69, 9.17) is 9.47 Å². The van der Waals surface area contributed by atoms with Gasteiger partial charge in [-0.3, -0.25) is 9.69 Å². The molecule has 0 bridgehead atoms. The van der Waals surface area contributed by atoms with Crippen LogP contribution in [-0.2, 0) is 24.9 Å². The summed E-state index contributed by atoms with van der Waals surface area (Å²) in [6.07, 6.45) is 4.15. The first-order valence-corrected chi connectivity index (χ1v) is 11.8. The number of carbonyl (C=O) groups is 1. The molecule has 6 nitrogen and oxygen atoms in total. The van der Waals surface area contributed by atoms with Crippen molar-refractivity contribution in [2.24, 2.45) is 13.0 Å². The number of rotatable bonds is 8. The molecule has 2 aromatic carbocycles. The summed E-state index contributed by atoms with van der Waals surface area (Å²) < 4.78 is 13.3. The summed E-state index contributed by atoms with van der Waals surface area (Å²) in [5.41, 5.74) is 3.60. The monoisotopic (exact) mass is 449 g/mol. The van der Waals surface area contributed by atoms with E-state index in [1.165, 1.54) is 16.5 Å². The van der Waals surface area contributed by atoms with Gasteiger partial charge in [-0.25, -0.2) is 0 Å². The lowest BCUT2D eigenvalue weighted by Gasteiger charge is -2.31. The second-order valence-electron chi connectivity index (χ2n) is 9.23. The lowest BCUT2D eigenvalue weighted by atomic mass is 9.95. The van der Waals surface area contributed by atoms with Crippen molar-refractivity contribution in [3.05, 3.63) is 59.8 Å². The number of nitrogens with one attached hydrogen (secondary N) is 1. The summed E-state index contributed by atoms with van der Waals surface area (Å²) in [7, 11) is 3.79. The average molecular weight is 450 g/mol. The Morgan fingerprint density at radius 3 is 2.45 bits per heavy atom. The summed E-state index contributed by atoms with van der Waals surface area (Å²) in [4.78, 5) is 15.2.